The Kier molecular flexibility index (Phi) is 5.85. The number of methoxy groups -OCH3 is 1. The molecule has 2 aromatic carbocycles. The molecule has 6 heteroatoms. The van der Waals surface area contributed by atoms with Crippen LogP contribution in [0, 0.1) is 5.92 Å². The Morgan fingerprint density at radius 2 is 1.78 bits per heavy atom. The van der Waals surface area contributed by atoms with Crippen LogP contribution in [-0.4, -0.2) is 24.5 Å². The summed E-state index contributed by atoms with van der Waals surface area (Å²) < 4.78 is 43.3. The summed E-state index contributed by atoms with van der Waals surface area (Å²) in [6.07, 6.45) is -3.31. The third-order valence-electron chi connectivity index (χ3n) is 5.02. The van der Waals surface area contributed by atoms with Gasteiger partial charge in [0.25, 0.3) is 0 Å². The van der Waals surface area contributed by atoms with Gasteiger partial charge in [-0.3, -0.25) is 9.69 Å². The SMILES string of the molecule is COC(=O)C[C@@H]1C[C@H](c2ccc(C(F)(F)F)cc2)N(Cc2ccccc2)C1. The van der Waals surface area contributed by atoms with Gasteiger partial charge < -0.3 is 4.74 Å². The first-order valence-corrected chi connectivity index (χ1v) is 8.88. The molecule has 27 heavy (non-hydrogen) atoms. The molecule has 0 unspecified atom stereocenters. The van der Waals surface area contributed by atoms with Crippen LogP contribution >= 0.6 is 0 Å². The molecule has 0 amide bonds. The van der Waals surface area contributed by atoms with Crippen LogP contribution < -0.4 is 0 Å². The van der Waals surface area contributed by atoms with Crippen molar-refractivity contribution in [2.24, 2.45) is 5.92 Å². The first-order chi connectivity index (χ1) is 12.9. The van der Waals surface area contributed by atoms with Gasteiger partial charge in [0.15, 0.2) is 0 Å². The van der Waals surface area contributed by atoms with Gasteiger partial charge in [0.1, 0.15) is 0 Å². The van der Waals surface area contributed by atoms with Gasteiger partial charge >= 0.3 is 12.1 Å². The van der Waals surface area contributed by atoms with E-state index in [2.05, 4.69) is 4.90 Å². The summed E-state index contributed by atoms with van der Waals surface area (Å²) >= 11 is 0. The summed E-state index contributed by atoms with van der Waals surface area (Å²) in [6.45, 7) is 1.39. The van der Waals surface area contributed by atoms with Gasteiger partial charge in [-0.05, 0) is 35.6 Å². The molecule has 2 aromatic rings. The Labute approximate surface area is 156 Å². The van der Waals surface area contributed by atoms with E-state index >= 15 is 0 Å². The molecule has 0 saturated carbocycles. The fraction of sp³-hybridized carbons (Fsp3) is 0.381. The lowest BCUT2D eigenvalue weighted by atomic mass is 9.97. The molecule has 3 rings (SSSR count). The maximum absolute atomic E-state index is 12.8. The van der Waals surface area contributed by atoms with Gasteiger partial charge in [0, 0.05) is 25.6 Å². The molecule has 0 radical (unpaired) electrons. The van der Waals surface area contributed by atoms with Gasteiger partial charge in [-0.25, -0.2) is 0 Å². The smallest absolute Gasteiger partial charge is 0.416 e. The van der Waals surface area contributed by atoms with Crippen LogP contribution in [0.4, 0.5) is 13.2 Å². The fourth-order valence-electron chi connectivity index (χ4n) is 3.70. The molecule has 1 saturated heterocycles. The van der Waals surface area contributed by atoms with Gasteiger partial charge in [-0.15, -0.1) is 0 Å². The average molecular weight is 377 g/mol. The van der Waals surface area contributed by atoms with Crippen molar-refractivity contribution < 1.29 is 22.7 Å². The summed E-state index contributed by atoms with van der Waals surface area (Å²) in [5.41, 5.74) is 1.32. The molecule has 1 fully saturated rings. The Hall–Kier alpha value is -2.34. The van der Waals surface area contributed by atoms with Crippen molar-refractivity contribution in [2.45, 2.75) is 31.6 Å². The van der Waals surface area contributed by atoms with Crippen LogP contribution in [0.5, 0.6) is 0 Å². The van der Waals surface area contributed by atoms with E-state index in [0.717, 1.165) is 23.3 Å². The highest BCUT2D eigenvalue weighted by Crippen LogP contribution is 2.39. The third kappa shape index (κ3) is 4.89. The van der Waals surface area contributed by atoms with E-state index in [4.69, 9.17) is 4.74 Å². The maximum atomic E-state index is 12.8. The van der Waals surface area contributed by atoms with Crippen molar-refractivity contribution in [3.05, 3.63) is 71.3 Å². The minimum absolute atomic E-state index is 0.0258. The highest BCUT2D eigenvalue weighted by molar-refractivity contribution is 5.69. The van der Waals surface area contributed by atoms with Crippen molar-refractivity contribution in [2.75, 3.05) is 13.7 Å². The molecular weight excluding hydrogens is 355 g/mol. The summed E-state index contributed by atoms with van der Waals surface area (Å²) in [4.78, 5) is 13.9. The molecule has 3 nitrogen and oxygen atoms in total. The van der Waals surface area contributed by atoms with Crippen LogP contribution in [0.25, 0.3) is 0 Å². The lowest BCUT2D eigenvalue weighted by Gasteiger charge is -2.25. The number of halogens is 3. The van der Waals surface area contributed by atoms with Gasteiger partial charge in [-0.2, -0.15) is 13.2 Å². The molecule has 2 atom stereocenters. The lowest BCUT2D eigenvalue weighted by Crippen LogP contribution is -2.24. The van der Waals surface area contributed by atoms with Crippen molar-refractivity contribution in [1.29, 1.82) is 0 Å². The van der Waals surface area contributed by atoms with Crippen molar-refractivity contribution in [1.82, 2.24) is 4.90 Å². The molecule has 0 aliphatic carbocycles. The van der Waals surface area contributed by atoms with E-state index in [1.54, 1.807) is 12.1 Å². The zero-order valence-corrected chi connectivity index (χ0v) is 15.1. The molecule has 0 spiro atoms. The zero-order chi connectivity index (χ0) is 19.4. The summed E-state index contributed by atoms with van der Waals surface area (Å²) in [5.74, 6) is -0.138. The number of hydrogen-bond acceptors (Lipinski definition) is 3. The molecule has 1 aliphatic heterocycles. The van der Waals surface area contributed by atoms with E-state index < -0.39 is 11.7 Å². The Morgan fingerprint density at radius 1 is 1.11 bits per heavy atom. The number of carbonyl (C=O) groups excluding carboxylic acids is 1. The highest BCUT2D eigenvalue weighted by atomic mass is 19.4. The van der Waals surface area contributed by atoms with E-state index in [1.807, 2.05) is 30.3 Å². The first-order valence-electron chi connectivity index (χ1n) is 8.88. The number of alkyl halides is 3. The van der Waals surface area contributed by atoms with E-state index in [9.17, 15) is 18.0 Å². The van der Waals surface area contributed by atoms with Gasteiger partial charge in [0.05, 0.1) is 12.7 Å². The van der Waals surface area contributed by atoms with Crippen molar-refractivity contribution in [3.63, 3.8) is 0 Å². The molecule has 1 aliphatic rings. The molecular formula is C21H22F3NO2. The minimum atomic E-state index is -4.34. The second-order valence-electron chi connectivity index (χ2n) is 6.93. The van der Waals surface area contributed by atoms with Crippen LogP contribution in [0.15, 0.2) is 54.6 Å². The maximum Gasteiger partial charge on any atom is 0.416 e. The largest absolute Gasteiger partial charge is 0.469 e. The topological polar surface area (TPSA) is 29.5 Å². The van der Waals surface area contributed by atoms with E-state index in [-0.39, 0.29) is 17.9 Å². The minimum Gasteiger partial charge on any atom is -0.469 e. The quantitative estimate of drug-likeness (QED) is 0.699. The Balaban J connectivity index is 1.81. The predicted octanol–water partition coefficient (Wildman–Crippen LogP) is 4.83. The van der Waals surface area contributed by atoms with E-state index in [1.165, 1.54) is 7.11 Å². The zero-order valence-electron chi connectivity index (χ0n) is 15.1. The molecule has 0 aromatic heterocycles. The van der Waals surface area contributed by atoms with Crippen molar-refractivity contribution in [3.8, 4) is 0 Å². The van der Waals surface area contributed by atoms with Crippen LogP contribution in [0.2, 0.25) is 0 Å². The summed E-state index contributed by atoms with van der Waals surface area (Å²) in [7, 11) is 1.37. The third-order valence-corrected chi connectivity index (χ3v) is 5.02. The number of likely N-dealkylation sites (tertiary alicyclic amines) is 1. The van der Waals surface area contributed by atoms with Gasteiger partial charge in [0.2, 0.25) is 0 Å². The summed E-state index contributed by atoms with van der Waals surface area (Å²) in [6, 6.07) is 15.2. The number of ether oxygens (including phenoxy) is 1. The standard InChI is InChI=1S/C21H22F3NO2/c1-27-20(26)12-16-11-19(17-7-9-18(10-8-17)21(22,23)24)25(14-16)13-15-5-3-2-4-6-15/h2-10,16,19H,11-14H2,1H3/t16-,19+/m0/s1. The summed E-state index contributed by atoms with van der Waals surface area (Å²) in [5, 5.41) is 0. The Morgan fingerprint density at radius 3 is 2.37 bits per heavy atom. The number of nitrogens with zero attached hydrogens (tertiary/aromatic N) is 1. The number of esters is 1. The normalized spacial score (nSPS) is 20.6. The van der Waals surface area contributed by atoms with Crippen molar-refractivity contribution >= 4 is 5.97 Å². The fourth-order valence-corrected chi connectivity index (χ4v) is 3.70. The van der Waals surface area contributed by atoms with Crippen LogP contribution in [-0.2, 0) is 22.3 Å². The second-order valence-corrected chi connectivity index (χ2v) is 6.93. The van der Waals surface area contributed by atoms with Gasteiger partial charge in [-0.1, -0.05) is 42.5 Å². The van der Waals surface area contributed by atoms with Crippen LogP contribution in [0.1, 0.15) is 35.6 Å². The lowest BCUT2D eigenvalue weighted by molar-refractivity contribution is -0.141. The Bertz CT molecular complexity index is 759. The average Bonchev–Trinajstić information content (AvgIpc) is 3.04. The molecule has 0 bridgehead atoms. The molecule has 0 N–H and O–H groups in total. The highest BCUT2D eigenvalue weighted by Gasteiger charge is 2.35. The number of hydrogen-bond donors (Lipinski definition) is 0. The van der Waals surface area contributed by atoms with Crippen LogP contribution in [0.3, 0.4) is 0 Å². The molecule has 1 heterocycles. The second kappa shape index (κ2) is 8.13. The number of rotatable bonds is 5. The number of benzene rings is 2. The number of carbonyl (C=O) groups is 1. The molecule has 144 valence electrons. The predicted molar refractivity (Wildman–Crippen MR) is 95.8 cm³/mol. The first kappa shape index (κ1) is 19.4. The van der Waals surface area contributed by atoms with E-state index in [0.29, 0.717) is 25.9 Å². The monoisotopic (exact) mass is 377 g/mol.